The highest BCUT2D eigenvalue weighted by molar-refractivity contribution is 5.71. The maximum absolute atomic E-state index is 2.69. The summed E-state index contributed by atoms with van der Waals surface area (Å²) < 4.78 is 0. The molecule has 2 nitrogen and oxygen atoms in total. The minimum Gasteiger partial charge on any atom is -0.327 e. The first kappa shape index (κ1) is 27.6. The first-order valence-corrected chi connectivity index (χ1v) is 17.8. The van der Waals surface area contributed by atoms with Gasteiger partial charge in [-0.15, -0.1) is 0 Å². The van der Waals surface area contributed by atoms with E-state index in [1.807, 2.05) is 0 Å². The second-order valence-corrected chi connectivity index (χ2v) is 14.3. The molecule has 0 bridgehead atoms. The van der Waals surface area contributed by atoms with Crippen molar-refractivity contribution in [2.75, 3.05) is 16.5 Å². The highest BCUT2D eigenvalue weighted by Crippen LogP contribution is 2.48. The molecule has 0 atom stereocenters. The standard InChI is InChI=1S/C39H54N2/c1-5-15-30(16-6-1)34-23-13-24-35(31-17-7-2-8-18-31)38(34)40-27-28-41(29-40)39-36(32-19-9-3-10-20-32)25-14-26-37(39)33-21-11-4-12-22-33/h13-14,23-28,30-33H,1-12,15-22,29H2. The molecule has 41 heavy (non-hydrogen) atoms. The van der Waals surface area contributed by atoms with Gasteiger partial charge in [0.2, 0.25) is 0 Å². The Morgan fingerprint density at radius 1 is 0.366 bits per heavy atom. The summed E-state index contributed by atoms with van der Waals surface area (Å²) in [5.41, 5.74) is 9.83. The summed E-state index contributed by atoms with van der Waals surface area (Å²) in [6.45, 7) is 0.979. The van der Waals surface area contributed by atoms with E-state index in [-0.39, 0.29) is 0 Å². The molecule has 0 unspecified atom stereocenters. The molecule has 1 heterocycles. The molecule has 4 aliphatic carbocycles. The molecule has 2 aromatic rings. The molecule has 0 saturated heterocycles. The Balaban J connectivity index is 1.26. The van der Waals surface area contributed by atoms with E-state index in [1.54, 1.807) is 33.6 Å². The monoisotopic (exact) mass is 550 g/mol. The zero-order chi connectivity index (χ0) is 27.4. The molecule has 0 aromatic heterocycles. The fourth-order valence-electron chi connectivity index (χ4n) is 9.51. The predicted molar refractivity (Wildman–Crippen MR) is 175 cm³/mol. The lowest BCUT2D eigenvalue weighted by atomic mass is 9.78. The van der Waals surface area contributed by atoms with E-state index in [4.69, 9.17) is 0 Å². The van der Waals surface area contributed by atoms with Gasteiger partial charge in [0.15, 0.2) is 0 Å². The molecule has 220 valence electrons. The maximum atomic E-state index is 2.69. The molecule has 2 aromatic carbocycles. The van der Waals surface area contributed by atoms with Crippen molar-refractivity contribution in [1.29, 1.82) is 0 Å². The second-order valence-electron chi connectivity index (χ2n) is 14.3. The average Bonchev–Trinajstić information content (AvgIpc) is 3.55. The normalized spacial score (nSPS) is 23.9. The minimum atomic E-state index is 0.733. The van der Waals surface area contributed by atoms with Crippen molar-refractivity contribution < 1.29 is 0 Å². The van der Waals surface area contributed by atoms with Gasteiger partial charge >= 0.3 is 0 Å². The summed E-state index contributed by atoms with van der Waals surface area (Å²) in [5.74, 6) is 2.93. The topological polar surface area (TPSA) is 6.48 Å². The van der Waals surface area contributed by atoms with Crippen LogP contribution in [0, 0.1) is 0 Å². The molecule has 1 aliphatic heterocycles. The minimum absolute atomic E-state index is 0.733. The third-order valence-electron chi connectivity index (χ3n) is 11.7. The van der Waals surface area contributed by atoms with E-state index in [9.17, 15) is 0 Å². The van der Waals surface area contributed by atoms with Crippen molar-refractivity contribution >= 4 is 11.4 Å². The Morgan fingerprint density at radius 2 is 0.634 bits per heavy atom. The predicted octanol–water partition coefficient (Wildman–Crippen LogP) is 11.6. The van der Waals surface area contributed by atoms with Crippen LogP contribution in [0.25, 0.3) is 0 Å². The Bertz CT molecular complexity index is 1010. The second kappa shape index (κ2) is 13.0. The number of para-hydroxylation sites is 2. The van der Waals surface area contributed by atoms with Gasteiger partial charge in [-0.3, -0.25) is 0 Å². The Hall–Kier alpha value is -2.22. The summed E-state index contributed by atoms with van der Waals surface area (Å²) in [6, 6.07) is 14.9. The van der Waals surface area contributed by atoms with E-state index in [0.717, 1.165) is 30.3 Å². The van der Waals surface area contributed by atoms with Gasteiger partial charge in [-0.1, -0.05) is 113 Å². The number of nitrogens with zero attached hydrogens (tertiary/aromatic N) is 2. The van der Waals surface area contributed by atoms with E-state index >= 15 is 0 Å². The van der Waals surface area contributed by atoms with Crippen LogP contribution in [0.1, 0.15) is 174 Å². The summed E-state index contributed by atoms with van der Waals surface area (Å²) in [6.07, 6.45) is 32.8. The highest BCUT2D eigenvalue weighted by atomic mass is 15.3. The molecular formula is C39H54N2. The van der Waals surface area contributed by atoms with Crippen LogP contribution >= 0.6 is 0 Å². The summed E-state index contributed by atoms with van der Waals surface area (Å²) in [7, 11) is 0. The van der Waals surface area contributed by atoms with Crippen molar-refractivity contribution in [3.8, 4) is 0 Å². The van der Waals surface area contributed by atoms with Gasteiger partial charge in [-0.2, -0.15) is 0 Å². The number of anilines is 2. The Kier molecular flexibility index (Phi) is 8.73. The molecule has 0 radical (unpaired) electrons. The lowest BCUT2D eigenvalue weighted by Crippen LogP contribution is -2.29. The summed E-state index contributed by atoms with van der Waals surface area (Å²) in [5, 5.41) is 0. The Labute approximate surface area is 250 Å². The van der Waals surface area contributed by atoms with Crippen molar-refractivity contribution in [2.24, 2.45) is 0 Å². The van der Waals surface area contributed by atoms with Crippen LogP contribution < -0.4 is 9.80 Å². The SMILES string of the molecule is C1=CN(c2c(C3CCCCC3)cccc2C2CCCCC2)CN1c1c(C2CCCCC2)cccc1C1CCCCC1. The smallest absolute Gasteiger partial charge is 0.0989 e. The lowest BCUT2D eigenvalue weighted by Gasteiger charge is -2.35. The summed E-state index contributed by atoms with van der Waals surface area (Å²) >= 11 is 0. The first-order chi connectivity index (χ1) is 20.4. The van der Waals surface area contributed by atoms with Gasteiger partial charge in [0.25, 0.3) is 0 Å². The van der Waals surface area contributed by atoms with E-state index in [0.29, 0.717) is 0 Å². The number of hydrogen-bond donors (Lipinski definition) is 0. The number of rotatable bonds is 6. The third-order valence-corrected chi connectivity index (χ3v) is 11.7. The van der Waals surface area contributed by atoms with Crippen LogP contribution in [0.4, 0.5) is 11.4 Å². The van der Waals surface area contributed by atoms with E-state index < -0.39 is 0 Å². The van der Waals surface area contributed by atoms with Gasteiger partial charge in [-0.25, -0.2) is 0 Å². The molecule has 5 aliphatic rings. The maximum Gasteiger partial charge on any atom is 0.0989 e. The fraction of sp³-hybridized carbons (Fsp3) is 0.641. The molecule has 0 N–H and O–H groups in total. The first-order valence-electron chi connectivity index (χ1n) is 17.8. The van der Waals surface area contributed by atoms with Crippen molar-refractivity contribution in [3.05, 3.63) is 71.1 Å². The van der Waals surface area contributed by atoms with Crippen molar-refractivity contribution in [2.45, 2.75) is 152 Å². The van der Waals surface area contributed by atoms with Gasteiger partial charge < -0.3 is 9.80 Å². The molecule has 4 saturated carbocycles. The fourth-order valence-corrected chi connectivity index (χ4v) is 9.51. The van der Waals surface area contributed by atoms with Crippen LogP contribution in [0.5, 0.6) is 0 Å². The highest BCUT2D eigenvalue weighted by Gasteiger charge is 2.32. The number of hydrogen-bond acceptors (Lipinski definition) is 2. The van der Waals surface area contributed by atoms with E-state index in [2.05, 4.69) is 58.6 Å². The average molecular weight is 551 g/mol. The molecule has 0 spiro atoms. The summed E-state index contributed by atoms with van der Waals surface area (Å²) in [4.78, 5) is 5.38. The zero-order valence-corrected chi connectivity index (χ0v) is 25.7. The molecule has 7 rings (SSSR count). The molecule has 2 heteroatoms. The third kappa shape index (κ3) is 5.87. The van der Waals surface area contributed by atoms with Gasteiger partial charge in [0.1, 0.15) is 0 Å². The van der Waals surface area contributed by atoms with Crippen LogP contribution in [0.2, 0.25) is 0 Å². The van der Waals surface area contributed by atoms with Gasteiger partial charge in [0.05, 0.1) is 6.67 Å². The molecule has 0 amide bonds. The number of benzene rings is 2. The zero-order valence-electron chi connectivity index (χ0n) is 25.7. The quantitative estimate of drug-likeness (QED) is 0.353. The lowest BCUT2D eigenvalue weighted by molar-refractivity contribution is 0.435. The van der Waals surface area contributed by atoms with Crippen LogP contribution in [-0.4, -0.2) is 6.67 Å². The Morgan fingerprint density at radius 3 is 0.902 bits per heavy atom. The van der Waals surface area contributed by atoms with Crippen LogP contribution in [-0.2, 0) is 0 Å². The van der Waals surface area contributed by atoms with Gasteiger partial charge in [-0.05, 0) is 97.3 Å². The van der Waals surface area contributed by atoms with Crippen LogP contribution in [0.3, 0.4) is 0 Å². The molecular weight excluding hydrogens is 496 g/mol. The van der Waals surface area contributed by atoms with E-state index in [1.165, 1.54) is 128 Å². The molecule has 4 fully saturated rings. The van der Waals surface area contributed by atoms with Crippen molar-refractivity contribution in [1.82, 2.24) is 0 Å². The van der Waals surface area contributed by atoms with Gasteiger partial charge in [0, 0.05) is 23.8 Å². The van der Waals surface area contributed by atoms with Crippen molar-refractivity contribution in [3.63, 3.8) is 0 Å². The largest absolute Gasteiger partial charge is 0.327 e. The van der Waals surface area contributed by atoms with Crippen LogP contribution in [0.15, 0.2) is 48.8 Å².